The molecule has 0 fully saturated rings. The van der Waals surface area contributed by atoms with Crippen LogP contribution in [0.2, 0.25) is 0 Å². The van der Waals surface area contributed by atoms with Gasteiger partial charge in [0.25, 0.3) is 5.91 Å². The highest BCUT2D eigenvalue weighted by Gasteiger charge is 2.21. The first kappa shape index (κ1) is 14.7. The number of benzene rings is 1. The van der Waals surface area contributed by atoms with E-state index in [9.17, 15) is 9.59 Å². The van der Waals surface area contributed by atoms with Gasteiger partial charge in [-0.1, -0.05) is 22.0 Å². The molecule has 0 radical (unpaired) electrons. The number of methoxy groups -OCH3 is 1. The summed E-state index contributed by atoms with van der Waals surface area (Å²) in [5.41, 5.74) is 1.40. The maximum Gasteiger partial charge on any atom is 0.330 e. The lowest BCUT2D eigenvalue weighted by atomic mass is 10.1. The Labute approximate surface area is 113 Å². The first-order valence-corrected chi connectivity index (χ1v) is 6.04. The number of hydrogen-bond acceptors (Lipinski definition) is 4. The molecule has 18 heavy (non-hydrogen) atoms. The second-order valence-electron chi connectivity index (χ2n) is 3.70. The number of nitrogens with one attached hydrogen (secondary N) is 1. The predicted molar refractivity (Wildman–Crippen MR) is 69.2 cm³/mol. The molecule has 1 unspecified atom stereocenters. The maximum absolute atomic E-state index is 11.8. The van der Waals surface area contributed by atoms with E-state index in [4.69, 9.17) is 5.11 Å². The summed E-state index contributed by atoms with van der Waals surface area (Å²) >= 11 is 3.32. The fourth-order valence-corrected chi connectivity index (χ4v) is 1.68. The van der Waals surface area contributed by atoms with E-state index in [0.717, 1.165) is 10.0 Å². The number of aliphatic hydroxyl groups is 1. The molecule has 0 spiro atoms. The standard InChI is InChI=1S/C12H14BrNO4/c1-7-3-4-8(5-9(7)13)11(16)14-10(6-15)12(17)18-2/h3-5,10,15H,6H2,1-2H3,(H,14,16). The van der Waals surface area contributed by atoms with Crippen molar-refractivity contribution >= 4 is 27.8 Å². The van der Waals surface area contributed by atoms with Crippen molar-refractivity contribution in [3.8, 4) is 0 Å². The van der Waals surface area contributed by atoms with E-state index in [0.29, 0.717) is 5.56 Å². The SMILES string of the molecule is COC(=O)C(CO)NC(=O)c1ccc(C)c(Br)c1. The van der Waals surface area contributed by atoms with Gasteiger partial charge in [0, 0.05) is 10.0 Å². The molecule has 1 aromatic rings. The van der Waals surface area contributed by atoms with E-state index in [1.54, 1.807) is 18.2 Å². The predicted octanol–water partition coefficient (Wildman–Crippen LogP) is 1.02. The number of halogens is 1. The molecule has 0 aromatic heterocycles. The van der Waals surface area contributed by atoms with Gasteiger partial charge >= 0.3 is 5.97 Å². The largest absolute Gasteiger partial charge is 0.467 e. The monoisotopic (exact) mass is 315 g/mol. The number of rotatable bonds is 4. The minimum absolute atomic E-state index is 0.398. The lowest BCUT2D eigenvalue weighted by molar-refractivity contribution is -0.143. The first-order valence-electron chi connectivity index (χ1n) is 5.25. The number of amides is 1. The molecular formula is C12H14BrNO4. The Balaban J connectivity index is 2.81. The molecule has 0 bridgehead atoms. The first-order chi connectivity index (χ1) is 8.49. The van der Waals surface area contributed by atoms with Crippen LogP contribution in [0, 0.1) is 6.92 Å². The number of aliphatic hydroxyl groups excluding tert-OH is 1. The molecule has 0 saturated carbocycles. The van der Waals surface area contributed by atoms with Crippen molar-refractivity contribution in [1.29, 1.82) is 0 Å². The molecule has 1 rings (SSSR count). The molecule has 2 N–H and O–H groups in total. The molecule has 0 aliphatic carbocycles. The summed E-state index contributed by atoms with van der Waals surface area (Å²) in [6.45, 7) is 1.39. The molecule has 5 nitrogen and oxygen atoms in total. The van der Waals surface area contributed by atoms with Gasteiger partial charge in [0.2, 0.25) is 0 Å². The van der Waals surface area contributed by atoms with Gasteiger partial charge in [0.1, 0.15) is 0 Å². The summed E-state index contributed by atoms with van der Waals surface area (Å²) in [6, 6.07) is 4.02. The molecule has 0 aliphatic heterocycles. The van der Waals surface area contributed by atoms with Crippen LogP contribution in [-0.4, -0.2) is 36.7 Å². The van der Waals surface area contributed by atoms with Crippen LogP contribution in [0.25, 0.3) is 0 Å². The Morgan fingerprint density at radius 3 is 2.67 bits per heavy atom. The van der Waals surface area contributed by atoms with Crippen molar-refractivity contribution in [3.63, 3.8) is 0 Å². The van der Waals surface area contributed by atoms with Crippen LogP contribution >= 0.6 is 15.9 Å². The third-order valence-corrected chi connectivity index (χ3v) is 3.26. The number of ether oxygens (including phenoxy) is 1. The zero-order chi connectivity index (χ0) is 13.7. The Morgan fingerprint density at radius 2 is 2.17 bits per heavy atom. The van der Waals surface area contributed by atoms with Crippen molar-refractivity contribution in [2.75, 3.05) is 13.7 Å². The zero-order valence-electron chi connectivity index (χ0n) is 10.1. The number of carbonyl (C=O) groups is 2. The van der Waals surface area contributed by atoms with Gasteiger partial charge in [0.15, 0.2) is 6.04 Å². The van der Waals surface area contributed by atoms with E-state index in [-0.39, 0.29) is 0 Å². The van der Waals surface area contributed by atoms with E-state index < -0.39 is 24.5 Å². The minimum Gasteiger partial charge on any atom is -0.467 e. The second-order valence-corrected chi connectivity index (χ2v) is 4.55. The topological polar surface area (TPSA) is 75.6 Å². The minimum atomic E-state index is -1.05. The van der Waals surface area contributed by atoms with Gasteiger partial charge < -0.3 is 15.2 Å². The highest BCUT2D eigenvalue weighted by Crippen LogP contribution is 2.17. The summed E-state index contributed by atoms with van der Waals surface area (Å²) in [5, 5.41) is 11.4. The highest BCUT2D eigenvalue weighted by molar-refractivity contribution is 9.10. The third-order valence-electron chi connectivity index (χ3n) is 2.41. The maximum atomic E-state index is 11.8. The van der Waals surface area contributed by atoms with Crippen LogP contribution in [0.15, 0.2) is 22.7 Å². The Hall–Kier alpha value is -1.40. The third kappa shape index (κ3) is 3.54. The summed E-state index contributed by atoms with van der Waals surface area (Å²) < 4.78 is 5.26. The van der Waals surface area contributed by atoms with Crippen LogP contribution in [-0.2, 0) is 9.53 Å². The molecular weight excluding hydrogens is 302 g/mol. The Bertz CT molecular complexity index is 461. The van der Waals surface area contributed by atoms with E-state index >= 15 is 0 Å². The van der Waals surface area contributed by atoms with Crippen LogP contribution < -0.4 is 5.32 Å². The van der Waals surface area contributed by atoms with Crippen molar-refractivity contribution in [1.82, 2.24) is 5.32 Å². The average molecular weight is 316 g/mol. The van der Waals surface area contributed by atoms with Crippen molar-refractivity contribution in [2.24, 2.45) is 0 Å². The molecule has 98 valence electrons. The molecule has 1 atom stereocenters. The number of hydrogen-bond donors (Lipinski definition) is 2. The van der Waals surface area contributed by atoms with Gasteiger partial charge in [0.05, 0.1) is 13.7 Å². The Kier molecular flexibility index (Phi) is 5.30. The zero-order valence-corrected chi connectivity index (χ0v) is 11.7. The fraction of sp³-hybridized carbons (Fsp3) is 0.333. The van der Waals surface area contributed by atoms with Gasteiger partial charge in [-0.15, -0.1) is 0 Å². The normalized spacial score (nSPS) is 11.8. The van der Waals surface area contributed by atoms with E-state index in [1.165, 1.54) is 7.11 Å². The van der Waals surface area contributed by atoms with Crippen molar-refractivity contribution < 1.29 is 19.4 Å². The lowest BCUT2D eigenvalue weighted by Crippen LogP contribution is -2.44. The van der Waals surface area contributed by atoms with Crippen molar-refractivity contribution in [2.45, 2.75) is 13.0 Å². The summed E-state index contributed by atoms with van der Waals surface area (Å²) in [4.78, 5) is 23.1. The molecule has 1 amide bonds. The van der Waals surface area contributed by atoms with Crippen LogP contribution in [0.4, 0.5) is 0 Å². The van der Waals surface area contributed by atoms with Crippen LogP contribution in [0.1, 0.15) is 15.9 Å². The van der Waals surface area contributed by atoms with E-state index in [2.05, 4.69) is 26.0 Å². The summed E-state index contributed by atoms with van der Waals surface area (Å²) in [7, 11) is 1.19. The molecule has 6 heteroatoms. The Morgan fingerprint density at radius 1 is 1.50 bits per heavy atom. The van der Waals surface area contributed by atoms with E-state index in [1.807, 2.05) is 6.92 Å². The molecule has 0 saturated heterocycles. The number of carbonyl (C=O) groups excluding carboxylic acids is 2. The fourth-order valence-electron chi connectivity index (χ4n) is 1.30. The smallest absolute Gasteiger partial charge is 0.330 e. The molecule has 1 aromatic carbocycles. The highest BCUT2D eigenvalue weighted by atomic mass is 79.9. The van der Waals surface area contributed by atoms with Gasteiger partial charge in [-0.3, -0.25) is 4.79 Å². The second kappa shape index (κ2) is 6.51. The molecule has 0 aliphatic rings. The quantitative estimate of drug-likeness (QED) is 0.813. The average Bonchev–Trinajstić information content (AvgIpc) is 2.37. The van der Waals surface area contributed by atoms with Gasteiger partial charge in [-0.05, 0) is 24.6 Å². The lowest BCUT2D eigenvalue weighted by Gasteiger charge is -2.14. The molecule has 0 heterocycles. The number of aryl methyl sites for hydroxylation is 1. The van der Waals surface area contributed by atoms with Gasteiger partial charge in [-0.2, -0.15) is 0 Å². The summed E-state index contributed by atoms with van der Waals surface area (Å²) in [6.07, 6.45) is 0. The van der Waals surface area contributed by atoms with Crippen LogP contribution in [0.5, 0.6) is 0 Å². The van der Waals surface area contributed by atoms with Crippen molar-refractivity contribution in [3.05, 3.63) is 33.8 Å². The number of esters is 1. The van der Waals surface area contributed by atoms with Gasteiger partial charge in [-0.25, -0.2) is 4.79 Å². The summed E-state index contributed by atoms with van der Waals surface area (Å²) in [5.74, 6) is -1.13. The van der Waals surface area contributed by atoms with Crippen LogP contribution in [0.3, 0.4) is 0 Å².